The minimum atomic E-state index is -0.764. The van der Waals surface area contributed by atoms with Crippen LogP contribution in [0.3, 0.4) is 0 Å². The molecule has 0 fully saturated rings. The molecule has 1 aliphatic rings. The molecule has 166 valence electrons. The van der Waals surface area contributed by atoms with Crippen molar-refractivity contribution < 1.29 is 18.7 Å². The number of ketones is 1. The molecule has 2 aromatic heterocycles. The highest BCUT2D eigenvalue weighted by atomic mass is 32.2. The van der Waals surface area contributed by atoms with Crippen LogP contribution in [0.5, 0.6) is 0 Å². The van der Waals surface area contributed by atoms with Crippen LogP contribution < -0.4 is 5.32 Å². The number of rotatable bonds is 8. The molecular formula is C25H20N2O4S2. The van der Waals surface area contributed by atoms with Gasteiger partial charge >= 0.3 is 5.97 Å². The maximum atomic E-state index is 13.1. The summed E-state index contributed by atoms with van der Waals surface area (Å²) in [6, 6.07) is 18.6. The van der Waals surface area contributed by atoms with Gasteiger partial charge in [-0.2, -0.15) is 5.26 Å². The molecule has 0 bridgehead atoms. The minimum absolute atomic E-state index is 0.0300. The summed E-state index contributed by atoms with van der Waals surface area (Å²) in [4.78, 5) is 26.4. The van der Waals surface area contributed by atoms with Crippen molar-refractivity contribution in [1.82, 2.24) is 5.32 Å². The van der Waals surface area contributed by atoms with Gasteiger partial charge in [-0.05, 0) is 36.1 Å². The zero-order chi connectivity index (χ0) is 23.2. The minimum Gasteiger partial charge on any atom is -0.468 e. The van der Waals surface area contributed by atoms with Gasteiger partial charge in [0, 0.05) is 0 Å². The normalized spacial score (nSPS) is 15.7. The molecule has 0 saturated heterocycles. The maximum absolute atomic E-state index is 13.1. The van der Waals surface area contributed by atoms with E-state index >= 15 is 0 Å². The Bertz CT molecular complexity index is 1240. The highest BCUT2D eigenvalue weighted by Gasteiger charge is 2.38. The Hall–Kier alpha value is -3.54. The average Bonchev–Trinajstić information content (AvgIpc) is 3.57. The molecule has 6 nitrogen and oxygen atoms in total. The van der Waals surface area contributed by atoms with E-state index in [4.69, 9.17) is 9.15 Å². The predicted molar refractivity (Wildman–Crippen MR) is 128 cm³/mol. The van der Waals surface area contributed by atoms with Gasteiger partial charge in [0.1, 0.15) is 5.76 Å². The van der Waals surface area contributed by atoms with Crippen molar-refractivity contribution in [2.75, 3.05) is 12.4 Å². The predicted octanol–water partition coefficient (Wildman–Crippen LogP) is 5.35. The molecular weight excluding hydrogens is 456 g/mol. The monoisotopic (exact) mass is 476 g/mol. The molecule has 0 saturated carbocycles. The Morgan fingerprint density at radius 1 is 1.18 bits per heavy atom. The van der Waals surface area contributed by atoms with Crippen LogP contribution in [0, 0.1) is 11.3 Å². The molecule has 33 heavy (non-hydrogen) atoms. The Balaban J connectivity index is 1.81. The number of nitriles is 1. The van der Waals surface area contributed by atoms with Gasteiger partial charge < -0.3 is 14.5 Å². The molecule has 0 aliphatic carbocycles. The summed E-state index contributed by atoms with van der Waals surface area (Å²) >= 11 is 2.62. The van der Waals surface area contributed by atoms with Crippen molar-refractivity contribution in [1.29, 1.82) is 5.26 Å². The van der Waals surface area contributed by atoms with E-state index in [-0.39, 0.29) is 18.1 Å². The Morgan fingerprint density at radius 3 is 2.64 bits per heavy atom. The number of thioether (sulfide) groups is 1. The van der Waals surface area contributed by atoms with E-state index in [1.165, 1.54) is 29.4 Å². The number of furan rings is 1. The Labute approximate surface area is 199 Å². The number of nitrogens with one attached hydrogen (secondary N) is 1. The fraction of sp³-hybridized carbons (Fsp3) is 0.160. The van der Waals surface area contributed by atoms with Crippen LogP contribution >= 0.6 is 23.1 Å². The standard InChI is InChI=1S/C25H20N2O4S2/c1-2-30-25(29)22-21(19-10-6-12-31-19)17(14-26)24(27-23(22)16-8-4-3-5-9-16)33-15-18(28)20-11-7-13-32-20/h3-13,21,27H,2,15H2,1H3. The summed E-state index contributed by atoms with van der Waals surface area (Å²) in [6.45, 7) is 1.93. The lowest BCUT2D eigenvalue weighted by Gasteiger charge is -2.29. The second kappa shape index (κ2) is 10.4. The van der Waals surface area contributed by atoms with Crippen LogP contribution in [0.1, 0.15) is 33.8 Å². The second-order valence-corrected chi connectivity index (χ2v) is 8.93. The van der Waals surface area contributed by atoms with Crippen LogP contribution in [-0.4, -0.2) is 24.1 Å². The smallest absolute Gasteiger partial charge is 0.337 e. The Kier molecular flexibility index (Phi) is 7.13. The summed E-state index contributed by atoms with van der Waals surface area (Å²) in [6.07, 6.45) is 1.50. The average molecular weight is 477 g/mol. The highest BCUT2D eigenvalue weighted by Crippen LogP contribution is 2.43. The van der Waals surface area contributed by atoms with Crippen LogP contribution in [-0.2, 0) is 9.53 Å². The number of thiophene rings is 1. The first-order chi connectivity index (χ1) is 16.1. The number of carbonyl (C=O) groups excluding carboxylic acids is 2. The number of carbonyl (C=O) groups is 2. The second-order valence-electron chi connectivity index (χ2n) is 6.99. The molecule has 3 heterocycles. The third-order valence-electron chi connectivity index (χ3n) is 4.98. The summed E-state index contributed by atoms with van der Waals surface area (Å²) < 4.78 is 11.0. The molecule has 1 atom stereocenters. The molecule has 3 aromatic rings. The van der Waals surface area contributed by atoms with Gasteiger partial charge in [-0.3, -0.25) is 4.79 Å². The van der Waals surface area contributed by atoms with Gasteiger partial charge in [0.05, 0.1) is 57.4 Å². The maximum Gasteiger partial charge on any atom is 0.337 e. The van der Waals surface area contributed by atoms with Crippen molar-refractivity contribution in [3.8, 4) is 6.07 Å². The quantitative estimate of drug-likeness (QED) is 0.346. The molecule has 4 rings (SSSR count). The van der Waals surface area contributed by atoms with Crippen molar-refractivity contribution in [2.45, 2.75) is 12.8 Å². The van der Waals surface area contributed by atoms with Crippen LogP contribution in [0.4, 0.5) is 0 Å². The van der Waals surface area contributed by atoms with Crippen molar-refractivity contribution in [2.24, 2.45) is 0 Å². The lowest BCUT2D eigenvalue weighted by molar-refractivity contribution is -0.138. The third kappa shape index (κ3) is 4.80. The van der Waals surface area contributed by atoms with E-state index in [1.807, 2.05) is 41.8 Å². The van der Waals surface area contributed by atoms with Crippen LogP contribution in [0.2, 0.25) is 0 Å². The van der Waals surface area contributed by atoms with E-state index < -0.39 is 11.9 Å². The van der Waals surface area contributed by atoms with E-state index in [0.29, 0.717) is 32.5 Å². The largest absolute Gasteiger partial charge is 0.468 e. The zero-order valence-corrected chi connectivity index (χ0v) is 19.4. The van der Waals surface area contributed by atoms with Gasteiger partial charge in [-0.25, -0.2) is 4.79 Å². The number of hydrogen-bond donors (Lipinski definition) is 1. The van der Waals surface area contributed by atoms with Gasteiger partial charge in [0.2, 0.25) is 0 Å². The number of benzene rings is 1. The lowest BCUT2D eigenvalue weighted by Crippen LogP contribution is -2.29. The molecule has 0 amide bonds. The molecule has 0 spiro atoms. The van der Waals surface area contributed by atoms with Gasteiger partial charge in [-0.1, -0.05) is 48.2 Å². The van der Waals surface area contributed by atoms with Gasteiger partial charge in [0.25, 0.3) is 0 Å². The van der Waals surface area contributed by atoms with Gasteiger partial charge in [-0.15, -0.1) is 11.3 Å². The molecule has 1 unspecified atom stereocenters. The summed E-state index contributed by atoms with van der Waals surface area (Å²) in [5, 5.41) is 15.7. The van der Waals surface area contributed by atoms with Crippen LogP contribution in [0.25, 0.3) is 5.70 Å². The fourth-order valence-corrected chi connectivity index (χ4v) is 5.22. The van der Waals surface area contributed by atoms with E-state index in [2.05, 4.69) is 11.4 Å². The number of allylic oxidation sites excluding steroid dienone is 1. The molecule has 8 heteroatoms. The van der Waals surface area contributed by atoms with Crippen LogP contribution in [0.15, 0.2) is 86.8 Å². The highest BCUT2D eigenvalue weighted by molar-refractivity contribution is 8.03. The Morgan fingerprint density at radius 2 is 2.00 bits per heavy atom. The molecule has 1 N–H and O–H groups in total. The number of nitrogens with zero attached hydrogens (tertiary/aromatic N) is 1. The van der Waals surface area contributed by atoms with Crippen molar-refractivity contribution >= 4 is 40.5 Å². The summed E-state index contributed by atoms with van der Waals surface area (Å²) in [7, 11) is 0. The summed E-state index contributed by atoms with van der Waals surface area (Å²) in [5.74, 6) is -0.725. The van der Waals surface area contributed by atoms with Crippen molar-refractivity contribution in [3.63, 3.8) is 0 Å². The van der Waals surface area contributed by atoms with E-state index in [0.717, 1.165) is 5.56 Å². The van der Waals surface area contributed by atoms with Gasteiger partial charge in [0.15, 0.2) is 5.78 Å². The zero-order valence-electron chi connectivity index (χ0n) is 17.7. The molecule has 1 aromatic carbocycles. The number of hydrogen-bond acceptors (Lipinski definition) is 8. The SMILES string of the molecule is CCOC(=O)C1=C(c2ccccc2)NC(SCC(=O)c2cccs2)=C(C#N)C1c1ccco1. The fourth-order valence-electron chi connectivity index (χ4n) is 3.54. The van der Waals surface area contributed by atoms with E-state index in [9.17, 15) is 14.9 Å². The number of dihydropyridines is 1. The first-order valence-electron chi connectivity index (χ1n) is 10.2. The number of ether oxygens (including phenoxy) is 1. The lowest BCUT2D eigenvalue weighted by atomic mass is 9.84. The number of Topliss-reactive ketones (excluding diaryl/α,β-unsaturated/α-hetero) is 1. The van der Waals surface area contributed by atoms with Crippen molar-refractivity contribution in [3.05, 3.63) is 98.6 Å². The first kappa shape index (κ1) is 22.6. The topological polar surface area (TPSA) is 92.3 Å². The molecule has 0 radical (unpaired) electrons. The summed E-state index contributed by atoms with van der Waals surface area (Å²) in [5.41, 5.74) is 1.89. The van der Waals surface area contributed by atoms with E-state index in [1.54, 1.807) is 25.1 Å². The first-order valence-corrected chi connectivity index (χ1v) is 12.1. The third-order valence-corrected chi connectivity index (χ3v) is 6.91. The molecule has 1 aliphatic heterocycles. The number of esters is 1.